The van der Waals surface area contributed by atoms with E-state index in [1.54, 1.807) is 24.3 Å². The molecule has 2 aliphatic carbocycles. The highest BCUT2D eigenvalue weighted by molar-refractivity contribution is 7.89. The Hall–Kier alpha value is -1.27. The average molecular weight is 310 g/mol. The van der Waals surface area contributed by atoms with Gasteiger partial charge in [0.15, 0.2) is 0 Å². The van der Waals surface area contributed by atoms with Crippen LogP contribution in [0.3, 0.4) is 0 Å². The van der Waals surface area contributed by atoms with Gasteiger partial charge in [0.2, 0.25) is 10.0 Å². The molecule has 0 bridgehead atoms. The van der Waals surface area contributed by atoms with Crippen LogP contribution in [0.2, 0.25) is 0 Å². The molecule has 6 heteroatoms. The number of hydrogen-bond donors (Lipinski definition) is 2. The molecule has 0 unspecified atom stereocenters. The molecule has 0 radical (unpaired) electrons. The van der Waals surface area contributed by atoms with Crippen LogP contribution in [0.5, 0.6) is 5.75 Å². The van der Waals surface area contributed by atoms with E-state index in [1.807, 2.05) is 0 Å². The summed E-state index contributed by atoms with van der Waals surface area (Å²) in [6.45, 7) is 0.140. The van der Waals surface area contributed by atoms with Crippen LogP contribution in [0.1, 0.15) is 25.7 Å². The van der Waals surface area contributed by atoms with E-state index in [4.69, 9.17) is 10.5 Å². The second-order valence-electron chi connectivity index (χ2n) is 6.06. The van der Waals surface area contributed by atoms with Crippen LogP contribution in [0.25, 0.3) is 0 Å². The number of sulfonamides is 1. The Balaban J connectivity index is 1.49. The highest BCUT2D eigenvalue weighted by Crippen LogP contribution is 2.44. The number of ether oxygens (including phenoxy) is 1. The van der Waals surface area contributed by atoms with Crippen molar-refractivity contribution in [2.45, 2.75) is 31.7 Å². The lowest BCUT2D eigenvalue weighted by Gasteiger charge is -2.17. The maximum absolute atomic E-state index is 12.1. The summed E-state index contributed by atoms with van der Waals surface area (Å²) in [5, 5.41) is 0. The average Bonchev–Trinajstić information content (AvgIpc) is 3.27. The first kappa shape index (κ1) is 14.7. The Morgan fingerprint density at radius 1 is 1.24 bits per heavy atom. The van der Waals surface area contributed by atoms with Crippen LogP contribution >= 0.6 is 0 Å². The zero-order valence-corrected chi connectivity index (χ0v) is 12.8. The molecule has 3 N–H and O–H groups in total. The zero-order chi connectivity index (χ0) is 14.9. The lowest BCUT2D eigenvalue weighted by Crippen LogP contribution is -2.40. The SMILES string of the molecule is Nc1cccc(OCCS(=O)(=O)NC(C2CC2)C2CC2)c1. The molecule has 1 aromatic carbocycles. The van der Waals surface area contributed by atoms with Crippen LogP contribution in [0.4, 0.5) is 5.69 Å². The third-order valence-corrected chi connectivity index (χ3v) is 5.39. The molecule has 2 aliphatic rings. The number of rotatable bonds is 8. The van der Waals surface area contributed by atoms with Gasteiger partial charge in [-0.25, -0.2) is 13.1 Å². The van der Waals surface area contributed by atoms with Gasteiger partial charge in [-0.1, -0.05) is 6.07 Å². The molecule has 21 heavy (non-hydrogen) atoms. The van der Waals surface area contributed by atoms with Crippen molar-refractivity contribution >= 4 is 15.7 Å². The van der Waals surface area contributed by atoms with Crippen molar-refractivity contribution in [2.75, 3.05) is 18.1 Å². The topological polar surface area (TPSA) is 81.4 Å². The van der Waals surface area contributed by atoms with Crippen molar-refractivity contribution in [1.82, 2.24) is 4.72 Å². The number of nitrogens with one attached hydrogen (secondary N) is 1. The molecule has 116 valence electrons. The van der Waals surface area contributed by atoms with Crippen LogP contribution < -0.4 is 15.2 Å². The molecule has 1 aromatic rings. The second kappa shape index (κ2) is 5.85. The van der Waals surface area contributed by atoms with Gasteiger partial charge in [-0.2, -0.15) is 0 Å². The number of anilines is 1. The lowest BCUT2D eigenvalue weighted by atomic mass is 10.1. The van der Waals surface area contributed by atoms with E-state index < -0.39 is 10.0 Å². The molecule has 2 fully saturated rings. The van der Waals surface area contributed by atoms with Gasteiger partial charge in [0.1, 0.15) is 12.4 Å². The second-order valence-corrected chi connectivity index (χ2v) is 7.93. The van der Waals surface area contributed by atoms with Gasteiger partial charge in [0, 0.05) is 17.8 Å². The van der Waals surface area contributed by atoms with Crippen LogP contribution in [-0.2, 0) is 10.0 Å². The van der Waals surface area contributed by atoms with Crippen LogP contribution in [-0.4, -0.2) is 26.8 Å². The fourth-order valence-corrected chi connectivity index (χ4v) is 3.85. The fourth-order valence-electron chi connectivity index (χ4n) is 2.63. The van der Waals surface area contributed by atoms with E-state index in [0.29, 0.717) is 23.3 Å². The molecule has 0 saturated heterocycles. The molecular weight excluding hydrogens is 288 g/mol. The smallest absolute Gasteiger partial charge is 0.215 e. The van der Waals surface area contributed by atoms with E-state index in [-0.39, 0.29) is 18.4 Å². The number of nitrogens with two attached hydrogens (primary N) is 1. The number of hydrogen-bond acceptors (Lipinski definition) is 4. The summed E-state index contributed by atoms with van der Waals surface area (Å²) in [5.74, 6) is 1.70. The summed E-state index contributed by atoms with van der Waals surface area (Å²) < 4.78 is 32.6. The van der Waals surface area contributed by atoms with Gasteiger partial charge < -0.3 is 10.5 Å². The van der Waals surface area contributed by atoms with Crippen molar-refractivity contribution in [3.63, 3.8) is 0 Å². The molecule has 0 aromatic heterocycles. The van der Waals surface area contributed by atoms with Crippen LogP contribution in [0.15, 0.2) is 24.3 Å². The van der Waals surface area contributed by atoms with Crippen molar-refractivity contribution < 1.29 is 13.2 Å². The highest BCUT2D eigenvalue weighted by Gasteiger charge is 2.43. The largest absolute Gasteiger partial charge is 0.492 e. The van der Waals surface area contributed by atoms with Gasteiger partial charge >= 0.3 is 0 Å². The van der Waals surface area contributed by atoms with Crippen LogP contribution in [0, 0.1) is 11.8 Å². The summed E-state index contributed by atoms with van der Waals surface area (Å²) in [4.78, 5) is 0. The Kier molecular flexibility index (Phi) is 4.08. The van der Waals surface area contributed by atoms with Gasteiger partial charge in [-0.3, -0.25) is 0 Å². The first-order valence-electron chi connectivity index (χ1n) is 7.52. The summed E-state index contributed by atoms with van der Waals surface area (Å²) in [5.41, 5.74) is 6.26. The molecule has 0 spiro atoms. The lowest BCUT2D eigenvalue weighted by molar-refractivity contribution is 0.339. The highest BCUT2D eigenvalue weighted by atomic mass is 32.2. The quantitative estimate of drug-likeness (QED) is 0.717. The Bertz CT molecular complexity index is 583. The van der Waals surface area contributed by atoms with Crippen molar-refractivity contribution in [1.29, 1.82) is 0 Å². The predicted molar refractivity (Wildman–Crippen MR) is 82.5 cm³/mol. The first-order valence-corrected chi connectivity index (χ1v) is 9.17. The minimum absolute atomic E-state index is 0.0161. The third kappa shape index (κ3) is 4.35. The van der Waals surface area contributed by atoms with Gasteiger partial charge in [0.25, 0.3) is 0 Å². The zero-order valence-electron chi connectivity index (χ0n) is 12.0. The van der Waals surface area contributed by atoms with E-state index in [9.17, 15) is 8.42 Å². The standard InChI is InChI=1S/C15H22N2O3S/c16-13-2-1-3-14(10-13)20-8-9-21(18,19)17-15(11-4-5-11)12-6-7-12/h1-3,10-12,15,17H,4-9,16H2. The maximum Gasteiger partial charge on any atom is 0.215 e. The van der Waals surface area contributed by atoms with Gasteiger partial charge in [-0.15, -0.1) is 0 Å². The fraction of sp³-hybridized carbons (Fsp3) is 0.600. The number of nitrogen functional groups attached to an aromatic ring is 1. The van der Waals surface area contributed by atoms with E-state index in [0.717, 1.165) is 25.7 Å². The Morgan fingerprint density at radius 2 is 1.90 bits per heavy atom. The molecule has 5 nitrogen and oxygen atoms in total. The number of benzene rings is 1. The molecule has 2 saturated carbocycles. The van der Waals surface area contributed by atoms with E-state index in [2.05, 4.69) is 4.72 Å². The van der Waals surface area contributed by atoms with Crippen molar-refractivity contribution in [3.05, 3.63) is 24.3 Å². The van der Waals surface area contributed by atoms with E-state index >= 15 is 0 Å². The summed E-state index contributed by atoms with van der Waals surface area (Å²) in [6.07, 6.45) is 4.62. The maximum atomic E-state index is 12.1. The molecule has 3 rings (SSSR count). The van der Waals surface area contributed by atoms with Gasteiger partial charge in [0.05, 0.1) is 5.75 Å². The third-order valence-electron chi connectivity index (χ3n) is 4.05. The molecule has 0 atom stereocenters. The summed E-state index contributed by atoms with van der Waals surface area (Å²) in [7, 11) is -3.28. The molecular formula is C15H22N2O3S. The molecule has 0 aliphatic heterocycles. The molecule has 0 heterocycles. The van der Waals surface area contributed by atoms with Gasteiger partial charge in [-0.05, 0) is 49.7 Å². The Morgan fingerprint density at radius 3 is 2.48 bits per heavy atom. The first-order chi connectivity index (χ1) is 10.0. The van der Waals surface area contributed by atoms with E-state index in [1.165, 1.54) is 0 Å². The minimum Gasteiger partial charge on any atom is -0.492 e. The van der Waals surface area contributed by atoms with Crippen molar-refractivity contribution in [2.24, 2.45) is 11.8 Å². The minimum atomic E-state index is -3.28. The molecule has 0 amide bonds. The predicted octanol–water partition coefficient (Wildman–Crippen LogP) is 1.76. The Labute approximate surface area is 125 Å². The summed E-state index contributed by atoms with van der Waals surface area (Å²) >= 11 is 0. The summed E-state index contributed by atoms with van der Waals surface area (Å²) in [6, 6.07) is 7.17. The van der Waals surface area contributed by atoms with Crippen molar-refractivity contribution in [3.8, 4) is 5.75 Å². The monoisotopic (exact) mass is 310 g/mol. The normalized spacial score (nSPS) is 18.9.